The lowest BCUT2D eigenvalue weighted by Gasteiger charge is -2.38. The monoisotopic (exact) mass is 762 g/mol. The maximum atomic E-state index is 15.3. The summed E-state index contributed by atoms with van der Waals surface area (Å²) in [6, 6.07) is 10.5. The van der Waals surface area contributed by atoms with Gasteiger partial charge in [-0.3, -0.25) is 19.2 Å². The molecule has 2 aliphatic heterocycles. The fourth-order valence-corrected chi connectivity index (χ4v) is 6.47. The van der Waals surface area contributed by atoms with E-state index in [0.717, 1.165) is 0 Å². The van der Waals surface area contributed by atoms with Crippen molar-refractivity contribution in [3.05, 3.63) is 106 Å². The number of amides is 4. The zero-order valence-electron chi connectivity index (χ0n) is 28.4. The number of alkyl halides is 6. The van der Waals surface area contributed by atoms with Gasteiger partial charge >= 0.3 is 12.4 Å². The molecule has 6 rings (SSSR count). The summed E-state index contributed by atoms with van der Waals surface area (Å²) in [5, 5.41) is 0. The van der Waals surface area contributed by atoms with Crippen LogP contribution >= 0.6 is 0 Å². The molecule has 0 radical (unpaired) electrons. The van der Waals surface area contributed by atoms with Crippen LogP contribution in [0.5, 0.6) is 23.0 Å². The summed E-state index contributed by atoms with van der Waals surface area (Å²) >= 11 is 0. The number of hydrogen-bond donors (Lipinski definition) is 0. The number of ether oxygens (including phenoxy) is 4. The molecule has 4 amide bonds. The summed E-state index contributed by atoms with van der Waals surface area (Å²) in [5.74, 6) is 0.192. The molecule has 0 atom stereocenters. The van der Waals surface area contributed by atoms with E-state index in [0.29, 0.717) is 46.2 Å². The Morgan fingerprint density at radius 2 is 0.891 bits per heavy atom. The van der Waals surface area contributed by atoms with Gasteiger partial charge in [-0.1, -0.05) is 24.0 Å². The van der Waals surface area contributed by atoms with Crippen molar-refractivity contribution in [3.8, 4) is 47.7 Å². The van der Waals surface area contributed by atoms with Gasteiger partial charge in [-0.15, -0.1) is 12.8 Å². The van der Waals surface area contributed by atoms with Crippen molar-refractivity contribution < 1.29 is 64.5 Å². The van der Waals surface area contributed by atoms with Crippen molar-refractivity contribution in [2.24, 2.45) is 0 Å². The second-order valence-corrected chi connectivity index (χ2v) is 11.8. The highest BCUT2D eigenvalue weighted by Crippen LogP contribution is 2.57. The average Bonchev–Trinajstić information content (AvgIpc) is 3.54. The zero-order chi connectivity index (χ0) is 40.0. The van der Waals surface area contributed by atoms with Crippen LogP contribution in [-0.2, 0) is 5.41 Å². The summed E-state index contributed by atoms with van der Waals surface area (Å²) in [6.45, 7) is -0.486. The lowest BCUT2D eigenvalue weighted by Crippen LogP contribution is -2.55. The molecule has 280 valence electrons. The van der Waals surface area contributed by atoms with Gasteiger partial charge in [0.05, 0.1) is 47.8 Å². The SMILES string of the molecule is C#CCOc1cc(N2C(=O)c3ccc(C(c4ccc5c(c4)C(=O)N(c4ccc(OC)c(OCC#C)c4)C5=O)(C(F)(F)F)C(F)(F)F)cc3C2=O)ccc1OC. The molecule has 0 N–H and O–H groups in total. The standard InChI is InChI=1S/C39H24F6N2O8/c1-5-15-54-31-19-23(9-13-29(31)52-3)46-33(48)25-11-7-21(17-27(25)35(46)50)37(38(40,41)42,39(43,44)45)22-8-12-26-28(18-22)36(51)47(34(26)49)24-10-14-30(53-4)32(20-24)55-16-6-2/h1-2,7-14,17-20H,15-16H2,3-4H3. The van der Waals surface area contributed by atoms with Crippen LogP contribution in [0.2, 0.25) is 0 Å². The third-order valence-corrected chi connectivity index (χ3v) is 8.92. The summed E-state index contributed by atoms with van der Waals surface area (Å²) in [4.78, 5) is 55.3. The molecule has 16 heteroatoms. The van der Waals surface area contributed by atoms with Crippen LogP contribution in [-0.4, -0.2) is 63.4 Å². The Morgan fingerprint density at radius 3 is 1.22 bits per heavy atom. The van der Waals surface area contributed by atoms with Crippen LogP contribution < -0.4 is 28.7 Å². The number of benzene rings is 4. The van der Waals surface area contributed by atoms with Crippen molar-refractivity contribution in [1.29, 1.82) is 0 Å². The van der Waals surface area contributed by atoms with Crippen molar-refractivity contribution in [2.45, 2.75) is 17.8 Å². The number of imide groups is 2. The Hall–Kier alpha value is -6.94. The number of carbonyl (C=O) groups is 4. The first-order chi connectivity index (χ1) is 26.0. The molecule has 0 aromatic heterocycles. The summed E-state index contributed by atoms with van der Waals surface area (Å²) < 4.78 is 113. The number of hydrogen-bond acceptors (Lipinski definition) is 8. The molecular formula is C39H24F6N2O8. The summed E-state index contributed by atoms with van der Waals surface area (Å²) in [5.41, 5.74) is -10.6. The highest BCUT2D eigenvalue weighted by molar-refractivity contribution is 6.35. The van der Waals surface area contributed by atoms with Gasteiger partial charge in [-0.05, 0) is 59.7 Å². The second-order valence-electron chi connectivity index (χ2n) is 11.8. The van der Waals surface area contributed by atoms with Crippen molar-refractivity contribution >= 4 is 35.0 Å². The van der Waals surface area contributed by atoms with Crippen LogP contribution in [0.25, 0.3) is 0 Å². The molecule has 55 heavy (non-hydrogen) atoms. The third-order valence-electron chi connectivity index (χ3n) is 8.92. The normalized spacial score (nSPS) is 14.0. The Morgan fingerprint density at radius 1 is 0.527 bits per heavy atom. The fourth-order valence-electron chi connectivity index (χ4n) is 6.47. The minimum absolute atomic E-state index is 0.00350. The van der Waals surface area contributed by atoms with Crippen LogP contribution in [0.3, 0.4) is 0 Å². The van der Waals surface area contributed by atoms with Gasteiger partial charge in [-0.25, -0.2) is 9.80 Å². The molecule has 0 spiro atoms. The van der Waals surface area contributed by atoms with E-state index < -0.39 is 74.8 Å². The number of methoxy groups -OCH3 is 2. The number of carbonyl (C=O) groups excluding carboxylic acids is 4. The Balaban J connectivity index is 1.45. The van der Waals surface area contributed by atoms with Gasteiger partial charge in [0.25, 0.3) is 23.6 Å². The smallest absolute Gasteiger partial charge is 0.411 e. The maximum absolute atomic E-state index is 15.3. The highest BCUT2D eigenvalue weighted by Gasteiger charge is 2.73. The van der Waals surface area contributed by atoms with Crippen LogP contribution in [0.15, 0.2) is 72.8 Å². The Labute approximate surface area is 308 Å². The quantitative estimate of drug-likeness (QED) is 0.0993. The van der Waals surface area contributed by atoms with Gasteiger partial charge in [0.15, 0.2) is 23.0 Å². The van der Waals surface area contributed by atoms with Gasteiger partial charge in [0.2, 0.25) is 5.41 Å². The predicted octanol–water partition coefficient (Wildman–Crippen LogP) is 6.74. The molecule has 10 nitrogen and oxygen atoms in total. The van der Waals surface area contributed by atoms with Crippen LogP contribution in [0.1, 0.15) is 52.6 Å². The van der Waals surface area contributed by atoms with E-state index in [1.807, 2.05) is 0 Å². The molecular weight excluding hydrogens is 738 g/mol. The Bertz CT molecular complexity index is 2210. The van der Waals surface area contributed by atoms with E-state index in [9.17, 15) is 19.2 Å². The molecule has 0 unspecified atom stereocenters. The van der Waals surface area contributed by atoms with Gasteiger partial charge in [0.1, 0.15) is 13.2 Å². The van der Waals surface area contributed by atoms with Gasteiger partial charge in [0, 0.05) is 12.1 Å². The maximum Gasteiger partial charge on any atom is 0.411 e. The van der Waals surface area contributed by atoms with E-state index in [1.165, 1.54) is 50.6 Å². The summed E-state index contributed by atoms with van der Waals surface area (Å²) in [7, 11) is 2.60. The first-order valence-electron chi connectivity index (χ1n) is 15.7. The number of rotatable bonds is 10. The van der Waals surface area contributed by atoms with Crippen LogP contribution in [0, 0.1) is 24.7 Å². The highest BCUT2D eigenvalue weighted by atomic mass is 19.4. The second kappa shape index (κ2) is 13.8. The molecule has 0 saturated heterocycles. The van der Waals surface area contributed by atoms with E-state index >= 15 is 26.3 Å². The largest absolute Gasteiger partial charge is 0.493 e. The first kappa shape index (κ1) is 37.8. The number of nitrogens with zero attached hydrogens (tertiary/aromatic N) is 2. The van der Waals surface area contributed by atoms with Crippen LogP contribution in [0.4, 0.5) is 37.7 Å². The average molecular weight is 763 g/mol. The first-order valence-corrected chi connectivity index (χ1v) is 15.7. The van der Waals surface area contributed by atoms with Gasteiger partial charge < -0.3 is 18.9 Å². The fraction of sp³-hybridized carbons (Fsp3) is 0.179. The summed E-state index contributed by atoms with van der Waals surface area (Å²) in [6.07, 6.45) is -1.85. The van der Waals surface area contributed by atoms with E-state index in [4.69, 9.17) is 31.8 Å². The number of terminal acetylenes is 2. The molecule has 0 saturated carbocycles. The number of anilines is 2. The lowest BCUT2D eigenvalue weighted by molar-refractivity contribution is -0.288. The number of fused-ring (bicyclic) bond motifs is 2. The molecule has 2 aliphatic rings. The van der Waals surface area contributed by atoms with Crippen molar-refractivity contribution in [2.75, 3.05) is 37.2 Å². The molecule has 2 heterocycles. The predicted molar refractivity (Wildman–Crippen MR) is 183 cm³/mol. The topological polar surface area (TPSA) is 112 Å². The van der Waals surface area contributed by atoms with Crippen molar-refractivity contribution in [3.63, 3.8) is 0 Å². The van der Waals surface area contributed by atoms with E-state index in [-0.39, 0.29) is 47.6 Å². The molecule has 4 aromatic rings. The zero-order valence-corrected chi connectivity index (χ0v) is 28.4. The molecule has 0 aliphatic carbocycles. The third kappa shape index (κ3) is 5.92. The minimum Gasteiger partial charge on any atom is -0.493 e. The van der Waals surface area contributed by atoms with E-state index in [1.54, 1.807) is 0 Å². The number of halogens is 6. The lowest BCUT2D eigenvalue weighted by atomic mass is 9.71. The molecule has 4 aromatic carbocycles. The minimum atomic E-state index is -6.16. The molecule has 0 bridgehead atoms. The van der Waals surface area contributed by atoms with Gasteiger partial charge in [-0.2, -0.15) is 26.3 Å². The van der Waals surface area contributed by atoms with E-state index in [2.05, 4.69) is 11.8 Å². The molecule has 0 fully saturated rings. The Kier molecular flexibility index (Phi) is 9.49. The van der Waals surface area contributed by atoms with Crippen molar-refractivity contribution in [1.82, 2.24) is 0 Å².